The fourth-order valence-electron chi connectivity index (χ4n) is 2.87. The maximum Gasteiger partial charge on any atom is 0.368 e. The van der Waals surface area contributed by atoms with E-state index in [1.54, 1.807) is 38.5 Å². The quantitative estimate of drug-likeness (QED) is 0.576. The first-order valence-electron chi connectivity index (χ1n) is 8.89. The summed E-state index contributed by atoms with van der Waals surface area (Å²) in [6, 6.07) is 11.1. The number of nitrogens with two attached hydrogens (primary N) is 1. The molecule has 0 atom stereocenters. The maximum atomic E-state index is 12.3. The number of halogens is 1. The topological polar surface area (TPSA) is 102 Å². The van der Waals surface area contributed by atoms with Gasteiger partial charge in [0.1, 0.15) is 19.4 Å². The average molecular weight is 414 g/mol. The van der Waals surface area contributed by atoms with Gasteiger partial charge < -0.3 is 10.5 Å². The molecule has 0 saturated carbocycles. The lowest BCUT2D eigenvalue weighted by atomic mass is 10.1. The van der Waals surface area contributed by atoms with Crippen molar-refractivity contribution in [3.63, 3.8) is 0 Å². The van der Waals surface area contributed by atoms with Gasteiger partial charge in [-0.2, -0.15) is 9.36 Å². The summed E-state index contributed by atoms with van der Waals surface area (Å²) < 4.78 is 8.39. The Bertz CT molecular complexity index is 1150. The molecule has 3 aromatic rings. The van der Waals surface area contributed by atoms with E-state index in [-0.39, 0.29) is 12.3 Å². The molecular weight excluding hydrogens is 392 g/mol. The number of nitrogens with zero attached hydrogens (tertiary/aromatic N) is 4. The number of aromatic nitrogens is 4. The van der Waals surface area contributed by atoms with Gasteiger partial charge in [0.05, 0.1) is 16.3 Å². The van der Waals surface area contributed by atoms with Crippen molar-refractivity contribution in [1.82, 2.24) is 19.8 Å². The van der Waals surface area contributed by atoms with Gasteiger partial charge in [-0.15, -0.1) is 0 Å². The highest BCUT2D eigenvalue weighted by molar-refractivity contribution is 6.32. The second-order valence-corrected chi connectivity index (χ2v) is 6.77. The lowest BCUT2D eigenvalue weighted by Gasteiger charge is -2.14. The Morgan fingerprint density at radius 1 is 1.31 bits per heavy atom. The number of hydrogen-bond acceptors (Lipinski definition) is 5. The SMILES string of the molecule is C[NH+]=CC(=CN)c1ccc(OCc2c(C)cccc2-n2nnn(C)c2=O)c(Cl)c1. The van der Waals surface area contributed by atoms with Crippen LogP contribution in [0.3, 0.4) is 0 Å². The van der Waals surface area contributed by atoms with Gasteiger partial charge in [0.15, 0.2) is 6.21 Å². The van der Waals surface area contributed by atoms with E-state index in [9.17, 15) is 4.79 Å². The molecule has 0 saturated heterocycles. The van der Waals surface area contributed by atoms with Gasteiger partial charge in [0.2, 0.25) is 0 Å². The molecule has 2 aromatic carbocycles. The van der Waals surface area contributed by atoms with Crippen LogP contribution >= 0.6 is 11.6 Å². The Hall–Kier alpha value is -3.39. The summed E-state index contributed by atoms with van der Waals surface area (Å²) in [6.07, 6.45) is 3.28. The number of aryl methyl sites for hydroxylation is 2. The third kappa shape index (κ3) is 4.22. The summed E-state index contributed by atoms with van der Waals surface area (Å²) in [5.41, 5.74) is 9.41. The summed E-state index contributed by atoms with van der Waals surface area (Å²) in [6.45, 7) is 2.16. The van der Waals surface area contributed by atoms with Crippen molar-refractivity contribution >= 4 is 23.4 Å². The highest BCUT2D eigenvalue weighted by Crippen LogP contribution is 2.29. The summed E-state index contributed by atoms with van der Waals surface area (Å²) in [7, 11) is 3.35. The summed E-state index contributed by atoms with van der Waals surface area (Å²) >= 11 is 6.41. The number of ether oxygens (including phenoxy) is 1. The van der Waals surface area contributed by atoms with E-state index in [0.717, 1.165) is 22.3 Å². The molecular formula is C20H22ClN6O2+. The van der Waals surface area contributed by atoms with Gasteiger partial charge in [0.25, 0.3) is 0 Å². The van der Waals surface area contributed by atoms with E-state index in [1.807, 2.05) is 25.1 Å². The second-order valence-electron chi connectivity index (χ2n) is 6.36. The Morgan fingerprint density at radius 2 is 2.10 bits per heavy atom. The Labute approximate surface area is 172 Å². The van der Waals surface area contributed by atoms with Crippen LogP contribution in [0.2, 0.25) is 5.02 Å². The average Bonchev–Trinajstić information content (AvgIpc) is 3.04. The Kier molecular flexibility index (Phi) is 6.13. The Balaban J connectivity index is 1.89. The Morgan fingerprint density at radius 3 is 2.72 bits per heavy atom. The van der Waals surface area contributed by atoms with Gasteiger partial charge in [-0.1, -0.05) is 29.8 Å². The second kappa shape index (κ2) is 8.74. The number of benzene rings is 2. The van der Waals surface area contributed by atoms with Crippen molar-refractivity contribution < 1.29 is 9.73 Å². The molecule has 9 heteroatoms. The maximum absolute atomic E-state index is 12.3. The minimum Gasteiger partial charge on any atom is -0.487 e. The van der Waals surface area contributed by atoms with Gasteiger partial charge in [-0.05, 0) is 46.7 Å². The molecule has 3 rings (SSSR count). The standard InChI is InChI=1S/C20H21ClN6O2/c1-13-5-4-6-18(27-20(28)26(3)24-25-27)16(13)12-29-19-8-7-14(9-17(19)21)15(10-22)11-23-2/h4-11H,12,22H2,1-3H3/p+1. The number of rotatable bonds is 6. The van der Waals surface area contributed by atoms with Crippen LogP contribution in [0, 0.1) is 6.92 Å². The highest BCUT2D eigenvalue weighted by Gasteiger charge is 2.14. The minimum atomic E-state index is -0.332. The van der Waals surface area contributed by atoms with Gasteiger partial charge in [-0.25, -0.2) is 4.79 Å². The molecule has 0 fully saturated rings. The van der Waals surface area contributed by atoms with E-state index in [2.05, 4.69) is 15.4 Å². The first-order chi connectivity index (χ1) is 14.0. The van der Waals surface area contributed by atoms with E-state index in [4.69, 9.17) is 22.1 Å². The van der Waals surface area contributed by atoms with E-state index in [0.29, 0.717) is 16.5 Å². The van der Waals surface area contributed by atoms with Crippen LogP contribution in [0.1, 0.15) is 16.7 Å². The molecule has 0 aliphatic heterocycles. The van der Waals surface area contributed by atoms with Crippen LogP contribution in [-0.4, -0.2) is 33.1 Å². The van der Waals surface area contributed by atoms with Crippen LogP contribution in [0.25, 0.3) is 11.3 Å². The van der Waals surface area contributed by atoms with Crippen molar-refractivity contribution in [3.05, 3.63) is 74.8 Å². The molecule has 0 aliphatic carbocycles. The van der Waals surface area contributed by atoms with E-state index >= 15 is 0 Å². The number of tetrazole rings is 1. The van der Waals surface area contributed by atoms with E-state index in [1.165, 1.54) is 15.6 Å². The van der Waals surface area contributed by atoms with Crippen molar-refractivity contribution in [2.24, 2.45) is 12.8 Å². The van der Waals surface area contributed by atoms with Crippen LogP contribution < -0.4 is 21.2 Å². The fraction of sp³-hybridized carbons (Fsp3) is 0.200. The molecule has 0 amide bonds. The molecule has 29 heavy (non-hydrogen) atoms. The summed E-state index contributed by atoms with van der Waals surface area (Å²) in [5.74, 6) is 0.525. The molecule has 0 aliphatic rings. The normalized spacial score (nSPS) is 11.9. The zero-order valence-electron chi connectivity index (χ0n) is 16.4. The minimum absolute atomic E-state index is 0.215. The molecule has 3 N–H and O–H groups in total. The largest absolute Gasteiger partial charge is 0.487 e. The van der Waals surface area contributed by atoms with Gasteiger partial charge in [-0.3, -0.25) is 4.99 Å². The first-order valence-corrected chi connectivity index (χ1v) is 9.27. The van der Waals surface area contributed by atoms with Crippen LogP contribution in [0.4, 0.5) is 0 Å². The molecule has 1 heterocycles. The first kappa shape index (κ1) is 20.3. The third-order valence-corrected chi connectivity index (χ3v) is 4.75. The lowest BCUT2D eigenvalue weighted by molar-refractivity contribution is -0.412. The molecule has 0 unspecified atom stereocenters. The fourth-order valence-corrected chi connectivity index (χ4v) is 3.10. The molecule has 0 spiro atoms. The van der Waals surface area contributed by atoms with Crippen molar-refractivity contribution in [3.8, 4) is 11.4 Å². The molecule has 0 radical (unpaired) electrons. The number of nitrogens with one attached hydrogen (secondary N) is 1. The van der Waals surface area contributed by atoms with Crippen molar-refractivity contribution in [2.45, 2.75) is 13.5 Å². The zero-order valence-corrected chi connectivity index (χ0v) is 17.1. The van der Waals surface area contributed by atoms with Gasteiger partial charge >= 0.3 is 5.69 Å². The molecule has 1 aromatic heterocycles. The number of hydrogen-bond donors (Lipinski definition) is 2. The van der Waals surface area contributed by atoms with Crippen molar-refractivity contribution in [2.75, 3.05) is 7.05 Å². The monoisotopic (exact) mass is 413 g/mol. The molecule has 150 valence electrons. The zero-order chi connectivity index (χ0) is 21.0. The van der Waals surface area contributed by atoms with Crippen LogP contribution in [-0.2, 0) is 13.7 Å². The molecule has 0 bridgehead atoms. The molecule has 8 nitrogen and oxygen atoms in total. The third-order valence-electron chi connectivity index (χ3n) is 4.45. The predicted molar refractivity (Wildman–Crippen MR) is 112 cm³/mol. The smallest absolute Gasteiger partial charge is 0.368 e. The highest BCUT2D eigenvalue weighted by atomic mass is 35.5. The van der Waals surface area contributed by atoms with Crippen LogP contribution in [0.15, 0.2) is 47.4 Å². The van der Waals surface area contributed by atoms with Crippen molar-refractivity contribution in [1.29, 1.82) is 0 Å². The number of allylic oxidation sites excluding steroid dienone is 1. The van der Waals surface area contributed by atoms with Crippen LogP contribution in [0.5, 0.6) is 5.75 Å². The van der Waals surface area contributed by atoms with Gasteiger partial charge in [0, 0.05) is 18.8 Å². The lowest BCUT2D eigenvalue weighted by Crippen LogP contribution is -2.63. The van der Waals surface area contributed by atoms with E-state index < -0.39 is 0 Å². The summed E-state index contributed by atoms with van der Waals surface area (Å²) in [4.78, 5) is 15.2. The summed E-state index contributed by atoms with van der Waals surface area (Å²) in [5, 5.41) is 8.16. The predicted octanol–water partition coefficient (Wildman–Crippen LogP) is 0.588.